The maximum atomic E-state index is 8.54. The third-order valence-corrected chi connectivity index (χ3v) is 4.26. The smallest absolute Gasteiger partial charge is 0.202 e. The molecule has 3 N–H and O–H groups in total. The van der Waals surface area contributed by atoms with Crippen LogP contribution in [0.1, 0.15) is 79.1 Å². The Balaban J connectivity index is 4.33. The predicted octanol–water partition coefficient (Wildman–Crippen LogP) is 4.14. The van der Waals surface area contributed by atoms with E-state index in [-0.39, 0.29) is 17.4 Å². The predicted molar refractivity (Wildman–Crippen MR) is 85.5 cm³/mol. The molecule has 0 aliphatic carbocycles. The number of guanidine groups is 1. The molecule has 0 spiro atoms. The van der Waals surface area contributed by atoms with E-state index in [1.807, 2.05) is 0 Å². The van der Waals surface area contributed by atoms with Gasteiger partial charge in [0.1, 0.15) is 0 Å². The van der Waals surface area contributed by atoms with Crippen molar-refractivity contribution in [3.63, 3.8) is 0 Å². The fourth-order valence-electron chi connectivity index (χ4n) is 2.74. The third-order valence-electron chi connectivity index (χ3n) is 4.26. The van der Waals surface area contributed by atoms with Crippen molar-refractivity contribution < 1.29 is 0 Å². The molecule has 0 aromatic heterocycles. The van der Waals surface area contributed by atoms with Crippen LogP contribution in [0.25, 0.3) is 0 Å². The van der Waals surface area contributed by atoms with Gasteiger partial charge >= 0.3 is 0 Å². The van der Waals surface area contributed by atoms with Gasteiger partial charge < -0.3 is 5.32 Å². The summed E-state index contributed by atoms with van der Waals surface area (Å²) in [7, 11) is 0. The number of nitrogens with one attached hydrogen (secondary N) is 3. The molecule has 2 atom stereocenters. The SMILES string of the molecule is CCCCCCCC(C)(CCC)[C@@H](C)NC(=N)NC#N. The lowest BCUT2D eigenvalue weighted by Gasteiger charge is -2.36. The van der Waals surface area contributed by atoms with Crippen LogP contribution in [-0.4, -0.2) is 12.0 Å². The van der Waals surface area contributed by atoms with Crippen LogP contribution < -0.4 is 10.6 Å². The highest BCUT2D eigenvalue weighted by molar-refractivity contribution is 5.78. The van der Waals surface area contributed by atoms with Crippen LogP contribution in [0.4, 0.5) is 0 Å². The molecule has 0 aromatic rings. The minimum absolute atomic E-state index is 0.105. The van der Waals surface area contributed by atoms with E-state index in [1.165, 1.54) is 38.5 Å². The normalized spacial score (nSPS) is 14.9. The maximum absolute atomic E-state index is 8.54. The van der Waals surface area contributed by atoms with Crippen molar-refractivity contribution >= 4 is 5.96 Å². The molecule has 0 rings (SSSR count). The van der Waals surface area contributed by atoms with E-state index in [9.17, 15) is 0 Å². The largest absolute Gasteiger partial charge is 0.353 e. The van der Waals surface area contributed by atoms with Crippen LogP contribution in [-0.2, 0) is 0 Å². The topological polar surface area (TPSA) is 71.7 Å². The number of nitrogens with zero attached hydrogens (tertiary/aromatic N) is 1. The summed E-state index contributed by atoms with van der Waals surface area (Å²) in [4.78, 5) is 0. The van der Waals surface area contributed by atoms with E-state index in [4.69, 9.17) is 10.7 Å². The van der Waals surface area contributed by atoms with Gasteiger partial charge in [-0.05, 0) is 25.2 Å². The molecule has 0 heterocycles. The van der Waals surface area contributed by atoms with Gasteiger partial charge in [0, 0.05) is 6.04 Å². The van der Waals surface area contributed by atoms with Gasteiger partial charge in [-0.15, -0.1) is 0 Å². The van der Waals surface area contributed by atoms with Crippen molar-refractivity contribution in [2.75, 3.05) is 0 Å². The van der Waals surface area contributed by atoms with Crippen molar-refractivity contribution in [3.05, 3.63) is 0 Å². The van der Waals surface area contributed by atoms with Crippen molar-refractivity contribution in [3.8, 4) is 6.19 Å². The van der Waals surface area contributed by atoms with Crippen LogP contribution in [0.3, 0.4) is 0 Å². The molecule has 20 heavy (non-hydrogen) atoms. The summed E-state index contributed by atoms with van der Waals surface area (Å²) < 4.78 is 0. The molecule has 0 amide bonds. The second-order valence-corrected chi connectivity index (χ2v) is 6.05. The summed E-state index contributed by atoms with van der Waals surface area (Å²) in [5, 5.41) is 21.7. The van der Waals surface area contributed by atoms with Crippen LogP contribution in [0.2, 0.25) is 0 Å². The first-order valence-electron chi connectivity index (χ1n) is 8.00. The number of nitriles is 1. The van der Waals surface area contributed by atoms with Gasteiger partial charge in [-0.2, -0.15) is 5.26 Å². The highest BCUT2D eigenvalue weighted by Crippen LogP contribution is 2.34. The highest BCUT2D eigenvalue weighted by atomic mass is 15.1. The minimum atomic E-state index is 0.105. The zero-order chi connectivity index (χ0) is 15.4. The molecule has 0 fully saturated rings. The van der Waals surface area contributed by atoms with Gasteiger partial charge in [0.25, 0.3) is 0 Å². The summed E-state index contributed by atoms with van der Waals surface area (Å²) in [6.07, 6.45) is 11.7. The van der Waals surface area contributed by atoms with E-state index >= 15 is 0 Å². The van der Waals surface area contributed by atoms with Crippen LogP contribution in [0.5, 0.6) is 0 Å². The number of rotatable bonds is 10. The molecule has 0 bridgehead atoms. The van der Waals surface area contributed by atoms with E-state index in [0.717, 1.165) is 12.8 Å². The van der Waals surface area contributed by atoms with Gasteiger partial charge in [-0.3, -0.25) is 10.7 Å². The van der Waals surface area contributed by atoms with Crippen LogP contribution in [0.15, 0.2) is 0 Å². The standard InChI is InChI=1S/C16H32N4/c1-5-7-8-9-10-12-16(4,11-6-2)14(3)20-15(18)19-13-17/h14H,5-12H2,1-4H3,(H3,18,19,20)/t14-,16?/m1/s1. The molecule has 116 valence electrons. The Morgan fingerprint density at radius 2 is 1.80 bits per heavy atom. The molecular weight excluding hydrogens is 248 g/mol. The average molecular weight is 280 g/mol. The Hall–Kier alpha value is -1.24. The maximum Gasteiger partial charge on any atom is 0.202 e. The first-order valence-corrected chi connectivity index (χ1v) is 8.00. The van der Waals surface area contributed by atoms with Crippen molar-refractivity contribution in [1.29, 1.82) is 10.7 Å². The molecule has 4 heteroatoms. The van der Waals surface area contributed by atoms with E-state index < -0.39 is 0 Å². The van der Waals surface area contributed by atoms with Gasteiger partial charge in [-0.1, -0.05) is 59.3 Å². The molecule has 0 saturated heterocycles. The monoisotopic (exact) mass is 280 g/mol. The number of hydrogen-bond acceptors (Lipinski definition) is 2. The fraction of sp³-hybridized carbons (Fsp3) is 0.875. The highest BCUT2D eigenvalue weighted by Gasteiger charge is 2.30. The van der Waals surface area contributed by atoms with Gasteiger partial charge in [0.2, 0.25) is 5.96 Å². The Bertz CT molecular complexity index is 308. The summed E-state index contributed by atoms with van der Waals surface area (Å²) in [6, 6.07) is 0.196. The Morgan fingerprint density at radius 3 is 2.35 bits per heavy atom. The number of unbranched alkanes of at least 4 members (excludes halogenated alkanes) is 4. The third kappa shape index (κ3) is 7.37. The van der Waals surface area contributed by atoms with Gasteiger partial charge in [-0.25, -0.2) is 0 Å². The molecule has 4 nitrogen and oxygen atoms in total. The lowest BCUT2D eigenvalue weighted by atomic mass is 9.75. The first kappa shape index (κ1) is 18.8. The summed E-state index contributed by atoms with van der Waals surface area (Å²) in [5.74, 6) is 0.105. The Labute approximate surface area is 124 Å². The molecule has 0 aromatic carbocycles. The molecule has 0 aliphatic rings. The Morgan fingerprint density at radius 1 is 1.15 bits per heavy atom. The van der Waals surface area contributed by atoms with Crippen molar-refractivity contribution in [2.45, 2.75) is 85.1 Å². The fourth-order valence-corrected chi connectivity index (χ4v) is 2.74. The summed E-state index contributed by atoms with van der Waals surface area (Å²) in [5.41, 5.74) is 0.185. The molecular formula is C16H32N4. The van der Waals surface area contributed by atoms with Crippen LogP contribution >= 0.6 is 0 Å². The second kappa shape index (κ2) is 10.5. The zero-order valence-corrected chi connectivity index (χ0v) is 13.7. The lowest BCUT2D eigenvalue weighted by molar-refractivity contribution is 0.199. The van der Waals surface area contributed by atoms with Gasteiger partial charge in [0.05, 0.1) is 0 Å². The summed E-state index contributed by atoms with van der Waals surface area (Å²) >= 11 is 0. The zero-order valence-electron chi connectivity index (χ0n) is 13.7. The average Bonchev–Trinajstić information content (AvgIpc) is 2.39. The molecule has 0 saturated carbocycles. The lowest BCUT2D eigenvalue weighted by Crippen LogP contribution is -2.47. The van der Waals surface area contributed by atoms with E-state index in [1.54, 1.807) is 6.19 Å². The van der Waals surface area contributed by atoms with E-state index in [0.29, 0.717) is 0 Å². The summed E-state index contributed by atoms with van der Waals surface area (Å²) in [6.45, 7) is 8.87. The second-order valence-electron chi connectivity index (χ2n) is 6.05. The first-order chi connectivity index (χ1) is 9.50. The quantitative estimate of drug-likeness (QED) is 0.185. The van der Waals surface area contributed by atoms with Crippen molar-refractivity contribution in [2.24, 2.45) is 5.41 Å². The van der Waals surface area contributed by atoms with Crippen LogP contribution in [0, 0.1) is 22.3 Å². The molecule has 0 radical (unpaired) electrons. The Kier molecular flexibility index (Phi) is 9.88. The van der Waals surface area contributed by atoms with Crippen molar-refractivity contribution in [1.82, 2.24) is 10.6 Å². The minimum Gasteiger partial charge on any atom is -0.353 e. The van der Waals surface area contributed by atoms with Gasteiger partial charge in [0.15, 0.2) is 6.19 Å². The number of hydrogen-bond donors (Lipinski definition) is 3. The molecule has 0 aliphatic heterocycles. The van der Waals surface area contributed by atoms with E-state index in [2.05, 4.69) is 38.3 Å². The molecule has 1 unspecified atom stereocenters.